The zero-order valence-corrected chi connectivity index (χ0v) is 11.4. The summed E-state index contributed by atoms with van der Waals surface area (Å²) in [6.07, 6.45) is 0.632. The van der Waals surface area contributed by atoms with Crippen LogP contribution in [-0.4, -0.2) is 72.7 Å². The van der Waals surface area contributed by atoms with Gasteiger partial charge in [-0.3, -0.25) is 9.69 Å². The highest BCUT2D eigenvalue weighted by molar-refractivity contribution is 5.78. The molecule has 5 nitrogen and oxygen atoms in total. The minimum Gasteiger partial charge on any atom is -0.480 e. The standard InChI is InChI=1S/C12H25N3O2/c1-10-9-14(4)7-8-15(10)6-5-12(2,13-3)11(16)17/h10,13H,5-9H2,1-4H3,(H,16,17). The van der Waals surface area contributed by atoms with E-state index in [9.17, 15) is 9.90 Å². The molecule has 0 amide bonds. The fraction of sp³-hybridized carbons (Fsp3) is 0.917. The van der Waals surface area contributed by atoms with Crippen LogP contribution in [0.25, 0.3) is 0 Å². The Morgan fingerprint density at radius 1 is 1.53 bits per heavy atom. The van der Waals surface area contributed by atoms with Crippen LogP contribution in [0.1, 0.15) is 20.3 Å². The molecule has 0 bridgehead atoms. The molecule has 1 saturated heterocycles. The predicted molar refractivity (Wildman–Crippen MR) is 68.2 cm³/mol. The minimum atomic E-state index is -0.816. The Balaban J connectivity index is 2.47. The van der Waals surface area contributed by atoms with Crippen molar-refractivity contribution in [1.82, 2.24) is 15.1 Å². The number of likely N-dealkylation sites (N-methyl/N-ethyl adjacent to an activating group) is 2. The molecule has 2 N–H and O–H groups in total. The maximum atomic E-state index is 11.2. The van der Waals surface area contributed by atoms with Gasteiger partial charge in [0.25, 0.3) is 0 Å². The molecule has 0 radical (unpaired) electrons. The van der Waals surface area contributed by atoms with E-state index in [0.29, 0.717) is 12.5 Å². The number of carboxylic acid groups (broad SMARTS) is 1. The molecule has 2 atom stereocenters. The number of nitrogens with zero attached hydrogens (tertiary/aromatic N) is 2. The highest BCUT2D eigenvalue weighted by Gasteiger charge is 2.32. The molecule has 1 aliphatic rings. The van der Waals surface area contributed by atoms with E-state index >= 15 is 0 Å². The van der Waals surface area contributed by atoms with Crippen LogP contribution in [0.2, 0.25) is 0 Å². The van der Waals surface area contributed by atoms with Crippen molar-refractivity contribution in [3.8, 4) is 0 Å². The Morgan fingerprint density at radius 3 is 2.65 bits per heavy atom. The first-order valence-electron chi connectivity index (χ1n) is 6.24. The molecule has 5 heteroatoms. The first-order valence-corrected chi connectivity index (χ1v) is 6.24. The van der Waals surface area contributed by atoms with E-state index in [1.54, 1.807) is 14.0 Å². The zero-order valence-electron chi connectivity index (χ0n) is 11.4. The summed E-state index contributed by atoms with van der Waals surface area (Å²) >= 11 is 0. The van der Waals surface area contributed by atoms with E-state index < -0.39 is 11.5 Å². The third-order valence-corrected chi connectivity index (χ3v) is 3.89. The first-order chi connectivity index (χ1) is 7.89. The Kier molecular flexibility index (Phi) is 4.91. The van der Waals surface area contributed by atoms with Crippen LogP contribution in [0.3, 0.4) is 0 Å². The highest BCUT2D eigenvalue weighted by Crippen LogP contribution is 2.14. The van der Waals surface area contributed by atoms with Crippen LogP contribution < -0.4 is 5.32 Å². The second kappa shape index (κ2) is 5.80. The second-order valence-electron chi connectivity index (χ2n) is 5.28. The molecule has 1 fully saturated rings. The Morgan fingerprint density at radius 2 is 2.18 bits per heavy atom. The maximum Gasteiger partial charge on any atom is 0.323 e. The summed E-state index contributed by atoms with van der Waals surface area (Å²) in [5.41, 5.74) is -0.816. The van der Waals surface area contributed by atoms with Crippen molar-refractivity contribution in [2.24, 2.45) is 0 Å². The van der Waals surface area contributed by atoms with Crippen molar-refractivity contribution in [1.29, 1.82) is 0 Å². The summed E-state index contributed by atoms with van der Waals surface area (Å²) in [5.74, 6) is -0.776. The van der Waals surface area contributed by atoms with E-state index in [4.69, 9.17) is 0 Å². The number of aliphatic carboxylic acids is 1. The van der Waals surface area contributed by atoms with Crippen molar-refractivity contribution < 1.29 is 9.90 Å². The summed E-state index contributed by atoms with van der Waals surface area (Å²) in [6.45, 7) is 7.93. The quantitative estimate of drug-likeness (QED) is 0.716. The van der Waals surface area contributed by atoms with Crippen LogP contribution in [0.4, 0.5) is 0 Å². The molecular formula is C12H25N3O2. The molecule has 2 unspecified atom stereocenters. The number of rotatable bonds is 5. The number of hydrogen-bond donors (Lipinski definition) is 2. The van der Waals surface area contributed by atoms with Crippen LogP contribution in [-0.2, 0) is 4.79 Å². The van der Waals surface area contributed by atoms with Crippen LogP contribution in [0.15, 0.2) is 0 Å². The van der Waals surface area contributed by atoms with Crippen molar-refractivity contribution in [3.63, 3.8) is 0 Å². The van der Waals surface area contributed by atoms with E-state index in [-0.39, 0.29) is 0 Å². The molecule has 0 spiro atoms. The van der Waals surface area contributed by atoms with Gasteiger partial charge in [-0.05, 0) is 34.4 Å². The van der Waals surface area contributed by atoms with Gasteiger partial charge in [-0.25, -0.2) is 0 Å². The van der Waals surface area contributed by atoms with Crippen molar-refractivity contribution >= 4 is 5.97 Å². The van der Waals surface area contributed by atoms with Crippen molar-refractivity contribution in [3.05, 3.63) is 0 Å². The van der Waals surface area contributed by atoms with Gasteiger partial charge in [0.15, 0.2) is 0 Å². The normalized spacial score (nSPS) is 26.7. The Hall–Kier alpha value is -0.650. The van der Waals surface area contributed by atoms with Gasteiger partial charge in [0.05, 0.1) is 0 Å². The third-order valence-electron chi connectivity index (χ3n) is 3.89. The van der Waals surface area contributed by atoms with Gasteiger partial charge in [0.1, 0.15) is 5.54 Å². The molecule has 0 aliphatic carbocycles. The van der Waals surface area contributed by atoms with Crippen LogP contribution in [0, 0.1) is 0 Å². The smallest absolute Gasteiger partial charge is 0.323 e. The van der Waals surface area contributed by atoms with E-state index in [0.717, 1.165) is 26.2 Å². The number of piperazine rings is 1. The van der Waals surface area contributed by atoms with Crippen molar-refractivity contribution in [2.45, 2.75) is 31.8 Å². The van der Waals surface area contributed by atoms with Gasteiger partial charge in [-0.2, -0.15) is 0 Å². The minimum absolute atomic E-state index is 0.503. The summed E-state index contributed by atoms with van der Waals surface area (Å²) in [7, 11) is 3.84. The highest BCUT2D eigenvalue weighted by atomic mass is 16.4. The third kappa shape index (κ3) is 3.66. The van der Waals surface area contributed by atoms with E-state index in [1.165, 1.54) is 0 Å². The van der Waals surface area contributed by atoms with Gasteiger partial charge in [0.2, 0.25) is 0 Å². The van der Waals surface area contributed by atoms with Crippen LogP contribution in [0.5, 0.6) is 0 Å². The monoisotopic (exact) mass is 243 g/mol. The Labute approximate surface area is 104 Å². The van der Waals surface area contributed by atoms with Gasteiger partial charge < -0.3 is 15.3 Å². The first kappa shape index (κ1) is 14.4. The second-order valence-corrected chi connectivity index (χ2v) is 5.28. The average Bonchev–Trinajstić information content (AvgIpc) is 2.27. The van der Waals surface area contributed by atoms with Gasteiger partial charge in [-0.15, -0.1) is 0 Å². The zero-order chi connectivity index (χ0) is 13.1. The van der Waals surface area contributed by atoms with Crippen molar-refractivity contribution in [2.75, 3.05) is 40.3 Å². The molecule has 0 aromatic carbocycles. The van der Waals surface area contributed by atoms with Gasteiger partial charge >= 0.3 is 5.97 Å². The molecule has 0 aromatic rings. The van der Waals surface area contributed by atoms with Crippen LogP contribution >= 0.6 is 0 Å². The number of carboxylic acids is 1. The summed E-state index contributed by atoms with van der Waals surface area (Å²) in [5, 5.41) is 12.1. The molecule has 1 heterocycles. The summed E-state index contributed by atoms with van der Waals surface area (Å²) in [6, 6.07) is 0.503. The molecule has 17 heavy (non-hydrogen) atoms. The lowest BCUT2D eigenvalue weighted by atomic mass is 9.97. The molecular weight excluding hydrogens is 218 g/mol. The lowest BCUT2D eigenvalue weighted by molar-refractivity contribution is -0.144. The van der Waals surface area contributed by atoms with E-state index in [2.05, 4.69) is 29.1 Å². The summed E-state index contributed by atoms with van der Waals surface area (Å²) in [4.78, 5) is 15.9. The number of carbonyl (C=O) groups is 1. The lowest BCUT2D eigenvalue weighted by Gasteiger charge is -2.39. The molecule has 0 aromatic heterocycles. The fourth-order valence-electron chi connectivity index (χ4n) is 2.22. The van der Waals surface area contributed by atoms with Gasteiger partial charge in [-0.1, -0.05) is 0 Å². The summed E-state index contributed by atoms with van der Waals surface area (Å²) < 4.78 is 0. The molecule has 100 valence electrons. The topological polar surface area (TPSA) is 55.8 Å². The fourth-order valence-corrected chi connectivity index (χ4v) is 2.22. The molecule has 1 aliphatic heterocycles. The lowest BCUT2D eigenvalue weighted by Crippen LogP contribution is -2.54. The SMILES string of the molecule is CNC(C)(CCN1CCN(C)CC1C)C(=O)O. The largest absolute Gasteiger partial charge is 0.480 e. The molecule has 0 saturated carbocycles. The number of hydrogen-bond acceptors (Lipinski definition) is 4. The molecule has 1 rings (SSSR count). The predicted octanol–water partition coefficient (Wildman–Crippen LogP) is 0.0751. The number of nitrogens with one attached hydrogen (secondary N) is 1. The van der Waals surface area contributed by atoms with E-state index in [1.807, 2.05) is 0 Å². The van der Waals surface area contributed by atoms with Gasteiger partial charge in [0, 0.05) is 32.2 Å². The average molecular weight is 243 g/mol. The Bertz CT molecular complexity index is 272. The maximum absolute atomic E-state index is 11.2.